The van der Waals surface area contributed by atoms with Crippen LogP contribution in [0.3, 0.4) is 0 Å². The fourth-order valence-corrected chi connectivity index (χ4v) is 24.3. The molecule has 99 heavy (non-hydrogen) atoms. The minimum absolute atomic E-state index is 0.917. The Balaban J connectivity index is 6.19. The van der Waals surface area contributed by atoms with Crippen LogP contribution in [0.15, 0.2) is 0 Å². The van der Waals surface area contributed by atoms with Gasteiger partial charge in [-0.15, -0.1) is 12.6 Å². The third-order valence-electron chi connectivity index (χ3n) is 24.1. The lowest BCUT2D eigenvalue weighted by atomic mass is 10.0. The summed E-state index contributed by atoms with van der Waals surface area (Å²) >= 11 is 5.91. The fourth-order valence-electron chi connectivity index (χ4n) is 16.9. The van der Waals surface area contributed by atoms with Gasteiger partial charge in [-0.2, -0.15) is 0 Å². The van der Waals surface area contributed by atoms with Gasteiger partial charge in [-0.1, -0.05) is 548 Å². The van der Waals surface area contributed by atoms with E-state index in [0.717, 1.165) is 6.61 Å². The van der Waals surface area contributed by atoms with E-state index in [0.29, 0.717) is 0 Å². The molecule has 0 bridgehead atoms. The van der Waals surface area contributed by atoms with E-state index >= 15 is 0 Å². The van der Waals surface area contributed by atoms with Crippen molar-refractivity contribution in [3.8, 4) is 0 Å². The molecule has 0 unspecified atom stereocenters. The van der Waals surface area contributed by atoms with Crippen LogP contribution in [0, 0.1) is 0 Å². The third kappa shape index (κ3) is 72.5. The highest BCUT2D eigenvalue weighted by atomic mass is 32.3. The van der Waals surface area contributed by atoms with Crippen molar-refractivity contribution in [3.63, 3.8) is 0 Å². The lowest BCUT2D eigenvalue weighted by molar-refractivity contribution is 0.307. The van der Waals surface area contributed by atoms with Gasteiger partial charge in [-0.05, 0) is 55.1 Å². The van der Waals surface area contributed by atoms with Crippen LogP contribution in [0.4, 0.5) is 0 Å². The highest BCUT2D eigenvalue weighted by Crippen LogP contribution is 2.64. The summed E-state index contributed by atoms with van der Waals surface area (Å²) < 4.78 is 8.74. The van der Waals surface area contributed by atoms with Gasteiger partial charge in [0.25, 0.3) is 0 Å². The minimum atomic E-state index is -2.10. The van der Waals surface area contributed by atoms with Crippen molar-refractivity contribution in [3.05, 3.63) is 0 Å². The quantitative estimate of drug-likeness (QED) is 0.0363. The number of thiol groups is 1. The molecule has 0 saturated carbocycles. The predicted octanol–water partition coefficient (Wildman–Crippen LogP) is 36.6. The number of ether oxygens (including phenoxy) is 1. The van der Waals surface area contributed by atoms with Gasteiger partial charge in [0.1, 0.15) is 4.38 Å². The first-order valence-corrected chi connectivity index (χ1v) is 51.3. The summed E-state index contributed by atoms with van der Waals surface area (Å²) in [6.45, 7) is 12.6. The summed E-state index contributed by atoms with van der Waals surface area (Å²) in [5, 5.41) is 0. The molecule has 1 nitrogen and oxygen atoms in total. The molecule has 0 radical (unpaired) electrons. The zero-order chi connectivity index (χ0) is 71.4. The second kappa shape index (κ2) is 85.8. The molecular formula is C96H196OS2. The molecule has 0 aliphatic heterocycles. The summed E-state index contributed by atoms with van der Waals surface area (Å²) in [6.07, 6.45) is 123. The van der Waals surface area contributed by atoms with Crippen molar-refractivity contribution in [2.75, 3.05) is 29.6 Å². The van der Waals surface area contributed by atoms with Gasteiger partial charge in [-0.3, -0.25) is 0 Å². The normalized spacial score (nSPS) is 12.4. The predicted molar refractivity (Wildman–Crippen MR) is 468 cm³/mol. The largest absolute Gasteiger partial charge is 0.336 e. The topological polar surface area (TPSA) is 9.23 Å². The molecule has 3 heteroatoms. The molecule has 0 heterocycles. The van der Waals surface area contributed by atoms with E-state index in [4.69, 9.17) is 17.4 Å². The molecule has 0 rings (SSSR count). The third-order valence-corrected chi connectivity index (χ3v) is 32.3. The maximum absolute atomic E-state index is 7.40. The summed E-state index contributed by atoms with van der Waals surface area (Å²) in [6, 6.07) is 0. The Labute approximate surface area is 636 Å². The molecule has 0 aromatic heterocycles. The van der Waals surface area contributed by atoms with Crippen LogP contribution in [0.5, 0.6) is 0 Å². The smallest absolute Gasteiger partial charge is 0.116 e. The lowest BCUT2D eigenvalue weighted by Crippen LogP contribution is -2.31. The molecule has 0 fully saturated rings. The van der Waals surface area contributed by atoms with Crippen molar-refractivity contribution in [2.24, 2.45) is 0 Å². The van der Waals surface area contributed by atoms with Crippen LogP contribution in [-0.2, 0) is 4.74 Å². The molecule has 0 spiro atoms. The maximum atomic E-state index is 7.40. The van der Waals surface area contributed by atoms with Crippen LogP contribution in [0.1, 0.15) is 580 Å². The number of unbranched alkanes of at least 4 members (excludes halogenated alkanes) is 80. The van der Waals surface area contributed by atoms with Crippen molar-refractivity contribution >= 4 is 25.8 Å². The molecular weight excluding hydrogens is 1230 g/mol. The molecule has 0 N–H and O–H groups in total. The Hall–Kier alpha value is 0.530. The monoisotopic (exact) mass is 1430 g/mol. The minimum Gasteiger partial charge on any atom is -0.336 e. The van der Waals surface area contributed by atoms with E-state index in [9.17, 15) is 0 Å². The van der Waals surface area contributed by atoms with Gasteiger partial charge in [-0.25, -0.2) is 8.75 Å². The van der Waals surface area contributed by atoms with Gasteiger partial charge in [0.15, 0.2) is 0 Å². The second-order valence-corrected chi connectivity index (χ2v) is 40.3. The Morgan fingerprint density at radius 1 is 0.152 bits per heavy atom. The number of hydrogen-bond donors (Lipinski definition) is 1. The molecule has 0 aliphatic rings. The molecule has 0 aromatic rings. The average molecular weight is 1430 g/mol. The fraction of sp³-hybridized carbons (Fsp3) is 0.990. The van der Waals surface area contributed by atoms with Crippen molar-refractivity contribution < 1.29 is 4.74 Å². The summed E-state index contributed by atoms with van der Waals surface area (Å²) in [7, 11) is -2.10. The maximum Gasteiger partial charge on any atom is 0.116 e. The Kier molecular flexibility index (Phi) is 86.2. The number of hydrogen-bond acceptors (Lipinski definition) is 1. The molecule has 0 amide bonds. The zero-order valence-electron chi connectivity index (χ0n) is 70.4. The van der Waals surface area contributed by atoms with Crippen LogP contribution >= 0.6 is 21.4 Å². The summed E-state index contributed by atoms with van der Waals surface area (Å²) in [5.74, 6) is 5.74. The molecule has 598 valence electrons. The van der Waals surface area contributed by atoms with E-state index in [1.165, 1.54) is 573 Å². The Bertz CT molecular complexity index is 1340. The average Bonchev–Trinajstić information content (AvgIpc) is 0.751. The van der Waals surface area contributed by atoms with Crippen molar-refractivity contribution in [1.29, 1.82) is 0 Å². The summed E-state index contributed by atoms with van der Waals surface area (Å²) in [4.78, 5) is 0. The Morgan fingerprint density at radius 2 is 0.253 bits per heavy atom. The molecule has 0 aliphatic carbocycles. The zero-order valence-corrected chi connectivity index (χ0v) is 72.1. The second-order valence-electron chi connectivity index (χ2n) is 34.0. The molecule has 0 aromatic carbocycles. The van der Waals surface area contributed by atoms with Crippen molar-refractivity contribution in [1.82, 2.24) is 0 Å². The van der Waals surface area contributed by atoms with Crippen LogP contribution in [0.25, 0.3) is 0 Å². The SMILES string of the molecule is CCCCCCCCCCCCCCCCCCCOC(S)=S(CCCCCCCCCCCCCCCCCCC)(CCCCCCCCCCCCCCCCCCC)(CCCCCCCCCCCCCCCCCCC)CCCCCCCCCCCCCCCCCCC. The standard InChI is InChI=1S/C96H196OS2/c1-6-11-16-21-26-31-36-41-46-51-56-61-66-71-76-81-86-91-97-96(98)99(92-87-82-77-72-67-62-57-52-47-42-37-32-27-22-17-12-7-2,93-88-83-78-73-68-63-58-53-48-43-38-33-28-23-18-13-8-3,94-89-84-79-74-69-64-59-54-49-44-39-34-29-24-19-14-9-4)95-90-85-80-75-70-65-60-55-50-45-40-35-30-25-20-15-10-5/h98H,6-95H2,1-5H3. The summed E-state index contributed by atoms with van der Waals surface area (Å²) in [5.41, 5.74) is 0. The van der Waals surface area contributed by atoms with E-state index in [1.54, 1.807) is 0 Å². The molecule has 0 saturated heterocycles. The van der Waals surface area contributed by atoms with E-state index < -0.39 is 8.75 Å². The first-order chi connectivity index (χ1) is 49.0. The van der Waals surface area contributed by atoms with Gasteiger partial charge in [0, 0.05) is 0 Å². The van der Waals surface area contributed by atoms with Crippen LogP contribution < -0.4 is 0 Å². The van der Waals surface area contributed by atoms with Gasteiger partial charge in [0.05, 0.1) is 6.61 Å². The van der Waals surface area contributed by atoms with E-state index in [-0.39, 0.29) is 0 Å². The van der Waals surface area contributed by atoms with Crippen LogP contribution in [-0.4, -0.2) is 34.0 Å². The highest BCUT2D eigenvalue weighted by Gasteiger charge is 2.36. The van der Waals surface area contributed by atoms with E-state index in [2.05, 4.69) is 34.6 Å². The highest BCUT2D eigenvalue weighted by molar-refractivity contribution is 8.52. The first-order valence-electron chi connectivity index (χ1n) is 48.1. The van der Waals surface area contributed by atoms with Gasteiger partial charge in [0.2, 0.25) is 0 Å². The van der Waals surface area contributed by atoms with E-state index in [1.807, 2.05) is 0 Å². The van der Waals surface area contributed by atoms with Gasteiger partial charge < -0.3 is 4.74 Å². The first kappa shape index (κ1) is 99.5. The van der Waals surface area contributed by atoms with Gasteiger partial charge >= 0.3 is 0 Å². The van der Waals surface area contributed by atoms with Crippen molar-refractivity contribution in [2.45, 2.75) is 580 Å². The van der Waals surface area contributed by atoms with Crippen LogP contribution in [0.2, 0.25) is 0 Å². The lowest BCUT2D eigenvalue weighted by Gasteiger charge is -2.52. The Morgan fingerprint density at radius 3 is 0.374 bits per heavy atom. The molecule has 0 atom stereocenters. The number of rotatable bonds is 90.